The maximum Gasteiger partial charge on any atom is 0.240 e. The van der Waals surface area contributed by atoms with E-state index in [-0.39, 0.29) is 18.4 Å². The number of hydrogen-bond donors (Lipinski definition) is 1. The SMILES string of the molecule is O=C(CN1CCN(C2CCCC2)C(=O)C1)Nc1nccs1. The third-order valence-electron chi connectivity index (χ3n) is 4.15. The Labute approximate surface area is 128 Å². The first kappa shape index (κ1) is 14.5. The number of amides is 2. The number of carbonyl (C=O) groups excluding carboxylic acids is 2. The first-order valence-corrected chi connectivity index (χ1v) is 8.31. The highest BCUT2D eigenvalue weighted by molar-refractivity contribution is 7.13. The highest BCUT2D eigenvalue weighted by atomic mass is 32.1. The molecule has 1 saturated heterocycles. The van der Waals surface area contributed by atoms with Crippen LogP contribution in [0, 0.1) is 0 Å². The number of rotatable bonds is 4. The lowest BCUT2D eigenvalue weighted by Crippen LogP contribution is -2.54. The zero-order valence-corrected chi connectivity index (χ0v) is 12.8. The molecule has 1 aromatic heterocycles. The monoisotopic (exact) mass is 308 g/mol. The largest absolute Gasteiger partial charge is 0.337 e. The van der Waals surface area contributed by atoms with Gasteiger partial charge >= 0.3 is 0 Å². The molecule has 1 aliphatic heterocycles. The summed E-state index contributed by atoms with van der Waals surface area (Å²) in [5.74, 6) is 0.0577. The Bertz CT molecular complexity index is 499. The Hall–Kier alpha value is -1.47. The molecular formula is C14H20N4O2S. The Morgan fingerprint density at radius 3 is 2.86 bits per heavy atom. The molecule has 0 atom stereocenters. The summed E-state index contributed by atoms with van der Waals surface area (Å²) in [6.07, 6.45) is 6.39. The molecule has 7 heteroatoms. The van der Waals surface area contributed by atoms with Crippen molar-refractivity contribution in [2.75, 3.05) is 31.5 Å². The molecule has 1 N–H and O–H groups in total. The molecule has 2 amide bonds. The second-order valence-electron chi connectivity index (χ2n) is 5.62. The minimum absolute atomic E-state index is 0.105. The number of anilines is 1. The van der Waals surface area contributed by atoms with Crippen molar-refractivity contribution < 1.29 is 9.59 Å². The van der Waals surface area contributed by atoms with E-state index in [0.717, 1.165) is 25.9 Å². The van der Waals surface area contributed by atoms with Crippen molar-refractivity contribution in [2.24, 2.45) is 0 Å². The second-order valence-corrected chi connectivity index (χ2v) is 6.52. The van der Waals surface area contributed by atoms with Gasteiger partial charge < -0.3 is 10.2 Å². The Morgan fingerprint density at radius 1 is 1.38 bits per heavy atom. The highest BCUT2D eigenvalue weighted by Gasteiger charge is 2.31. The number of carbonyl (C=O) groups is 2. The van der Waals surface area contributed by atoms with Crippen molar-refractivity contribution in [1.29, 1.82) is 0 Å². The molecule has 0 spiro atoms. The zero-order valence-electron chi connectivity index (χ0n) is 12.0. The van der Waals surface area contributed by atoms with Gasteiger partial charge in [0.25, 0.3) is 0 Å². The van der Waals surface area contributed by atoms with Crippen LogP contribution in [0.5, 0.6) is 0 Å². The van der Waals surface area contributed by atoms with E-state index in [1.165, 1.54) is 24.2 Å². The Morgan fingerprint density at radius 2 is 2.19 bits per heavy atom. The molecule has 0 bridgehead atoms. The lowest BCUT2D eigenvalue weighted by Gasteiger charge is -2.37. The highest BCUT2D eigenvalue weighted by Crippen LogP contribution is 2.24. The molecule has 2 aliphatic rings. The first-order chi connectivity index (χ1) is 10.2. The minimum Gasteiger partial charge on any atom is -0.337 e. The molecule has 1 saturated carbocycles. The number of piperazine rings is 1. The van der Waals surface area contributed by atoms with Crippen LogP contribution in [0.2, 0.25) is 0 Å². The van der Waals surface area contributed by atoms with E-state index < -0.39 is 0 Å². The summed E-state index contributed by atoms with van der Waals surface area (Å²) < 4.78 is 0. The molecule has 6 nitrogen and oxygen atoms in total. The van der Waals surface area contributed by atoms with E-state index in [1.807, 2.05) is 15.2 Å². The summed E-state index contributed by atoms with van der Waals surface area (Å²) >= 11 is 1.39. The van der Waals surface area contributed by atoms with Crippen molar-refractivity contribution in [3.05, 3.63) is 11.6 Å². The van der Waals surface area contributed by atoms with Crippen LogP contribution in [0.15, 0.2) is 11.6 Å². The molecule has 21 heavy (non-hydrogen) atoms. The van der Waals surface area contributed by atoms with Gasteiger partial charge in [-0.25, -0.2) is 4.98 Å². The smallest absolute Gasteiger partial charge is 0.240 e. The van der Waals surface area contributed by atoms with Crippen LogP contribution in [0.3, 0.4) is 0 Å². The molecule has 114 valence electrons. The Kier molecular flexibility index (Phi) is 4.50. The number of hydrogen-bond acceptors (Lipinski definition) is 5. The number of aromatic nitrogens is 1. The number of nitrogens with one attached hydrogen (secondary N) is 1. The number of nitrogens with zero attached hydrogens (tertiary/aromatic N) is 3. The van der Waals surface area contributed by atoms with E-state index in [0.29, 0.717) is 17.7 Å². The summed E-state index contributed by atoms with van der Waals surface area (Å²) in [5.41, 5.74) is 0. The van der Waals surface area contributed by atoms with E-state index in [9.17, 15) is 9.59 Å². The van der Waals surface area contributed by atoms with Gasteiger partial charge in [0.15, 0.2) is 5.13 Å². The van der Waals surface area contributed by atoms with Gasteiger partial charge in [-0.15, -0.1) is 11.3 Å². The summed E-state index contributed by atoms with van der Waals surface area (Å²) in [5, 5.41) is 5.18. The van der Waals surface area contributed by atoms with Crippen molar-refractivity contribution in [3.63, 3.8) is 0 Å². The quantitative estimate of drug-likeness (QED) is 0.907. The molecule has 0 radical (unpaired) electrons. The van der Waals surface area contributed by atoms with Crippen molar-refractivity contribution >= 4 is 28.3 Å². The molecule has 2 fully saturated rings. The summed E-state index contributed by atoms with van der Waals surface area (Å²) in [4.78, 5) is 32.1. The summed E-state index contributed by atoms with van der Waals surface area (Å²) in [6.45, 7) is 2.12. The van der Waals surface area contributed by atoms with Gasteiger partial charge in [-0.2, -0.15) is 0 Å². The van der Waals surface area contributed by atoms with E-state index in [2.05, 4.69) is 10.3 Å². The molecule has 2 heterocycles. The van der Waals surface area contributed by atoms with Crippen LogP contribution in [0.4, 0.5) is 5.13 Å². The minimum atomic E-state index is -0.105. The summed E-state index contributed by atoms with van der Waals surface area (Å²) in [7, 11) is 0. The van der Waals surface area contributed by atoms with Crippen LogP contribution >= 0.6 is 11.3 Å². The van der Waals surface area contributed by atoms with Crippen LogP contribution in [-0.4, -0.2) is 58.8 Å². The predicted molar refractivity (Wildman–Crippen MR) is 81.2 cm³/mol. The predicted octanol–water partition coefficient (Wildman–Crippen LogP) is 1.17. The van der Waals surface area contributed by atoms with Crippen LogP contribution in [0.25, 0.3) is 0 Å². The average Bonchev–Trinajstić information content (AvgIpc) is 3.11. The fourth-order valence-corrected chi connectivity index (χ4v) is 3.66. The lowest BCUT2D eigenvalue weighted by atomic mass is 10.1. The summed E-state index contributed by atoms with van der Waals surface area (Å²) in [6, 6.07) is 0.434. The molecular weight excluding hydrogens is 288 g/mol. The Balaban J connectivity index is 1.48. The van der Waals surface area contributed by atoms with Gasteiger partial charge in [0.2, 0.25) is 11.8 Å². The van der Waals surface area contributed by atoms with Crippen LogP contribution in [-0.2, 0) is 9.59 Å². The van der Waals surface area contributed by atoms with Gasteiger partial charge in [-0.3, -0.25) is 14.5 Å². The molecule has 1 aliphatic carbocycles. The molecule has 0 unspecified atom stereocenters. The third kappa shape index (κ3) is 3.59. The van der Waals surface area contributed by atoms with Crippen LogP contribution in [0.1, 0.15) is 25.7 Å². The maximum absolute atomic E-state index is 12.2. The zero-order chi connectivity index (χ0) is 14.7. The molecule has 1 aromatic rings. The topological polar surface area (TPSA) is 65.5 Å². The fourth-order valence-electron chi connectivity index (χ4n) is 3.12. The normalized spacial score (nSPS) is 21.0. The van der Waals surface area contributed by atoms with Gasteiger partial charge in [0.05, 0.1) is 13.1 Å². The fraction of sp³-hybridized carbons (Fsp3) is 0.643. The third-order valence-corrected chi connectivity index (χ3v) is 4.84. The van der Waals surface area contributed by atoms with Gasteiger partial charge in [-0.1, -0.05) is 12.8 Å². The van der Waals surface area contributed by atoms with Crippen molar-refractivity contribution in [3.8, 4) is 0 Å². The molecule has 0 aromatic carbocycles. The van der Waals surface area contributed by atoms with Gasteiger partial charge in [-0.05, 0) is 12.8 Å². The van der Waals surface area contributed by atoms with Gasteiger partial charge in [0.1, 0.15) is 0 Å². The van der Waals surface area contributed by atoms with Gasteiger partial charge in [0, 0.05) is 30.7 Å². The number of thiazole rings is 1. The standard InChI is InChI=1S/C14H20N4O2S/c19-12(16-14-15-5-8-21-14)9-17-6-7-18(13(20)10-17)11-3-1-2-4-11/h5,8,11H,1-4,6-7,9-10H2,(H,15,16,19). The van der Waals surface area contributed by atoms with Crippen molar-refractivity contribution in [1.82, 2.24) is 14.8 Å². The second kappa shape index (κ2) is 6.53. The van der Waals surface area contributed by atoms with Crippen molar-refractivity contribution in [2.45, 2.75) is 31.7 Å². The van der Waals surface area contributed by atoms with E-state index in [4.69, 9.17) is 0 Å². The maximum atomic E-state index is 12.2. The van der Waals surface area contributed by atoms with Crippen LogP contribution < -0.4 is 5.32 Å². The first-order valence-electron chi connectivity index (χ1n) is 7.43. The lowest BCUT2D eigenvalue weighted by molar-refractivity contribution is -0.139. The van der Waals surface area contributed by atoms with E-state index >= 15 is 0 Å². The average molecular weight is 308 g/mol. The molecule has 3 rings (SSSR count). The van der Waals surface area contributed by atoms with E-state index in [1.54, 1.807) is 6.20 Å².